The number of fused-ring (bicyclic) bond motifs is 1. The van der Waals surface area contributed by atoms with Gasteiger partial charge in [-0.3, -0.25) is 4.79 Å². The molecule has 0 aromatic carbocycles. The molecule has 0 unspecified atom stereocenters. The first-order valence-corrected chi connectivity index (χ1v) is 9.18. The third-order valence-electron chi connectivity index (χ3n) is 4.14. The highest BCUT2D eigenvalue weighted by Gasteiger charge is 2.34. The number of nitrogens with zero attached hydrogens (tertiary/aromatic N) is 2. The molecule has 144 valence electrons. The Balaban J connectivity index is 1.61. The Morgan fingerprint density at radius 1 is 1.25 bits per heavy atom. The van der Waals surface area contributed by atoms with Gasteiger partial charge in [0.2, 0.25) is 5.91 Å². The quantitative estimate of drug-likeness (QED) is 0.531. The molecule has 0 fully saturated rings. The Hall–Kier alpha value is -3.07. The largest absolute Gasteiger partial charge is 0.472 e. The summed E-state index contributed by atoms with van der Waals surface area (Å²) in [5.74, 6) is -0.213. The summed E-state index contributed by atoms with van der Waals surface area (Å²) < 4.78 is 46.9. The second-order valence-corrected chi connectivity index (χ2v) is 7.18. The zero-order chi connectivity index (χ0) is 19.7. The number of alkyl halides is 3. The second kappa shape index (κ2) is 7.16. The van der Waals surface area contributed by atoms with Crippen molar-refractivity contribution in [3.05, 3.63) is 70.7 Å². The predicted octanol–water partition coefficient (Wildman–Crippen LogP) is 4.53. The van der Waals surface area contributed by atoms with Crippen molar-refractivity contribution in [2.45, 2.75) is 19.1 Å². The summed E-state index contributed by atoms with van der Waals surface area (Å²) in [6.07, 6.45) is 1.48. The van der Waals surface area contributed by atoms with Crippen molar-refractivity contribution in [3.8, 4) is 11.1 Å². The first-order chi connectivity index (χ1) is 13.4. The van der Waals surface area contributed by atoms with Gasteiger partial charge in [-0.1, -0.05) is 6.07 Å². The van der Waals surface area contributed by atoms with Gasteiger partial charge in [0, 0.05) is 28.4 Å². The average Bonchev–Trinajstić information content (AvgIpc) is 3.38. The van der Waals surface area contributed by atoms with E-state index in [-0.39, 0.29) is 24.5 Å². The van der Waals surface area contributed by atoms with Crippen LogP contribution in [0.2, 0.25) is 0 Å². The van der Waals surface area contributed by atoms with Gasteiger partial charge in [-0.05, 0) is 23.6 Å². The number of imidazole rings is 1. The van der Waals surface area contributed by atoms with E-state index in [1.165, 1.54) is 34.5 Å². The number of furan rings is 1. The fraction of sp³-hybridized carbons (Fsp3) is 0.158. The van der Waals surface area contributed by atoms with Crippen molar-refractivity contribution in [3.63, 3.8) is 0 Å². The van der Waals surface area contributed by atoms with Gasteiger partial charge in [-0.15, -0.1) is 11.3 Å². The van der Waals surface area contributed by atoms with E-state index in [0.29, 0.717) is 16.8 Å². The first kappa shape index (κ1) is 18.3. The van der Waals surface area contributed by atoms with E-state index in [9.17, 15) is 18.0 Å². The SMILES string of the molecule is O=C(Cc1cccs1)NCc1cn2cc(-c3ccoc3)cc(C(F)(F)F)c2n1. The number of carbonyl (C=O) groups is 1. The van der Waals surface area contributed by atoms with Crippen molar-refractivity contribution in [1.29, 1.82) is 0 Å². The molecular weight excluding hydrogens is 391 g/mol. The molecular formula is C19H14F3N3O2S. The molecule has 5 nitrogen and oxygen atoms in total. The van der Waals surface area contributed by atoms with Gasteiger partial charge >= 0.3 is 6.18 Å². The molecule has 0 aliphatic carbocycles. The van der Waals surface area contributed by atoms with Crippen molar-refractivity contribution in [1.82, 2.24) is 14.7 Å². The van der Waals surface area contributed by atoms with Crippen LogP contribution in [0.1, 0.15) is 16.1 Å². The molecule has 0 bridgehead atoms. The van der Waals surface area contributed by atoms with Crippen molar-refractivity contribution < 1.29 is 22.4 Å². The lowest BCUT2D eigenvalue weighted by molar-refractivity contribution is -0.136. The van der Waals surface area contributed by atoms with E-state index < -0.39 is 11.7 Å². The van der Waals surface area contributed by atoms with Crippen molar-refractivity contribution in [2.24, 2.45) is 0 Å². The van der Waals surface area contributed by atoms with Gasteiger partial charge in [0.05, 0.1) is 36.7 Å². The molecule has 9 heteroatoms. The summed E-state index contributed by atoms with van der Waals surface area (Å²) in [6.45, 7) is 0.0459. The molecule has 0 radical (unpaired) electrons. The monoisotopic (exact) mass is 405 g/mol. The number of rotatable bonds is 5. The van der Waals surface area contributed by atoms with Crippen LogP contribution in [0, 0.1) is 0 Å². The molecule has 0 aliphatic heterocycles. The van der Waals surface area contributed by atoms with Crippen LogP contribution in [-0.2, 0) is 23.9 Å². The van der Waals surface area contributed by atoms with Crippen LogP contribution in [0.5, 0.6) is 0 Å². The molecule has 0 aliphatic rings. The fourth-order valence-electron chi connectivity index (χ4n) is 2.85. The van der Waals surface area contributed by atoms with Crippen LogP contribution in [0.15, 0.2) is 59.0 Å². The minimum absolute atomic E-state index is 0.0459. The zero-order valence-electron chi connectivity index (χ0n) is 14.4. The number of nitrogens with one attached hydrogen (secondary N) is 1. The molecule has 28 heavy (non-hydrogen) atoms. The van der Waals surface area contributed by atoms with E-state index in [4.69, 9.17) is 4.42 Å². The first-order valence-electron chi connectivity index (χ1n) is 8.30. The Labute approximate surface area is 161 Å². The summed E-state index contributed by atoms with van der Waals surface area (Å²) in [5, 5.41) is 4.57. The highest BCUT2D eigenvalue weighted by atomic mass is 32.1. The molecule has 1 amide bonds. The third-order valence-corrected chi connectivity index (χ3v) is 5.02. The lowest BCUT2D eigenvalue weighted by Crippen LogP contribution is -2.24. The number of hydrogen-bond donors (Lipinski definition) is 1. The molecule has 4 heterocycles. The number of pyridine rings is 1. The van der Waals surface area contributed by atoms with Crippen LogP contribution in [0.3, 0.4) is 0 Å². The van der Waals surface area contributed by atoms with Gasteiger partial charge in [0.15, 0.2) is 0 Å². The maximum absolute atomic E-state index is 13.5. The number of hydrogen-bond acceptors (Lipinski definition) is 4. The lowest BCUT2D eigenvalue weighted by atomic mass is 10.1. The minimum atomic E-state index is -4.56. The molecule has 0 saturated heterocycles. The Bertz CT molecular complexity index is 1100. The number of thiophene rings is 1. The summed E-state index contributed by atoms with van der Waals surface area (Å²) in [5.41, 5.74) is 0.185. The lowest BCUT2D eigenvalue weighted by Gasteiger charge is -2.10. The van der Waals surface area contributed by atoms with E-state index >= 15 is 0 Å². The molecule has 0 atom stereocenters. The number of halogens is 3. The second-order valence-electron chi connectivity index (χ2n) is 6.15. The standard InChI is InChI=1S/C19H14F3N3O2S/c20-19(21,22)16-6-13(12-3-4-27-11-12)9-25-10-14(24-18(16)25)8-23-17(26)7-15-2-1-5-28-15/h1-6,9-11H,7-8H2,(H,23,26). The van der Waals surface area contributed by atoms with Gasteiger partial charge < -0.3 is 14.1 Å². The molecule has 4 aromatic heterocycles. The van der Waals surface area contributed by atoms with Crippen molar-refractivity contribution >= 4 is 22.9 Å². The Morgan fingerprint density at radius 2 is 2.11 bits per heavy atom. The van der Waals surface area contributed by atoms with Gasteiger partial charge in [-0.2, -0.15) is 13.2 Å². The van der Waals surface area contributed by atoms with Gasteiger partial charge in [0.1, 0.15) is 5.65 Å². The molecule has 4 rings (SSSR count). The molecule has 4 aromatic rings. The van der Waals surface area contributed by atoms with Crippen LogP contribution >= 0.6 is 11.3 Å². The maximum atomic E-state index is 13.5. The van der Waals surface area contributed by atoms with E-state index in [0.717, 1.165) is 10.9 Å². The van der Waals surface area contributed by atoms with Crippen molar-refractivity contribution in [2.75, 3.05) is 0 Å². The maximum Gasteiger partial charge on any atom is 0.420 e. The number of amides is 1. The highest BCUT2D eigenvalue weighted by molar-refractivity contribution is 7.10. The molecule has 0 spiro atoms. The van der Waals surface area contributed by atoms with E-state index in [2.05, 4.69) is 10.3 Å². The summed E-state index contributed by atoms with van der Waals surface area (Å²) in [6, 6.07) is 6.34. The minimum Gasteiger partial charge on any atom is -0.472 e. The van der Waals surface area contributed by atoms with Crippen LogP contribution in [0.25, 0.3) is 16.8 Å². The Morgan fingerprint density at radius 3 is 2.79 bits per heavy atom. The normalized spacial score (nSPS) is 11.8. The fourth-order valence-corrected chi connectivity index (χ4v) is 3.56. The Kier molecular flexibility index (Phi) is 4.68. The summed E-state index contributed by atoms with van der Waals surface area (Å²) in [7, 11) is 0. The molecule has 1 N–H and O–H groups in total. The van der Waals surface area contributed by atoms with Gasteiger partial charge in [-0.25, -0.2) is 4.98 Å². The summed E-state index contributed by atoms with van der Waals surface area (Å²) >= 11 is 1.47. The number of carbonyl (C=O) groups excluding carboxylic acids is 1. The third kappa shape index (κ3) is 3.79. The summed E-state index contributed by atoms with van der Waals surface area (Å²) in [4.78, 5) is 17.0. The van der Waals surface area contributed by atoms with E-state index in [1.54, 1.807) is 12.3 Å². The zero-order valence-corrected chi connectivity index (χ0v) is 15.2. The number of aromatic nitrogens is 2. The van der Waals surface area contributed by atoms with E-state index in [1.807, 2.05) is 17.5 Å². The average molecular weight is 405 g/mol. The van der Waals surface area contributed by atoms with Crippen LogP contribution in [0.4, 0.5) is 13.2 Å². The topological polar surface area (TPSA) is 59.5 Å². The predicted molar refractivity (Wildman–Crippen MR) is 97.8 cm³/mol. The molecule has 0 saturated carbocycles. The highest BCUT2D eigenvalue weighted by Crippen LogP contribution is 2.35. The van der Waals surface area contributed by atoms with Crippen LogP contribution in [-0.4, -0.2) is 15.3 Å². The van der Waals surface area contributed by atoms with Gasteiger partial charge in [0.25, 0.3) is 0 Å². The smallest absolute Gasteiger partial charge is 0.420 e. The van der Waals surface area contributed by atoms with Crippen LogP contribution < -0.4 is 5.32 Å².